The van der Waals surface area contributed by atoms with Crippen molar-refractivity contribution < 1.29 is 38.4 Å². The van der Waals surface area contributed by atoms with Gasteiger partial charge >= 0.3 is 5.97 Å². The summed E-state index contributed by atoms with van der Waals surface area (Å²) in [4.78, 5) is 97.9. The molecule has 0 spiro atoms. The van der Waals surface area contributed by atoms with Crippen LogP contribution in [0.2, 0.25) is 0 Å². The lowest BCUT2D eigenvalue weighted by Crippen LogP contribution is -2.57. The summed E-state index contributed by atoms with van der Waals surface area (Å²) in [5.74, 6) is -5.18. The van der Waals surface area contributed by atoms with Crippen LogP contribution in [0, 0.1) is 17.8 Å². The Labute approximate surface area is 244 Å². The highest BCUT2D eigenvalue weighted by molar-refractivity contribution is 6.01. The van der Waals surface area contributed by atoms with Crippen molar-refractivity contribution >= 4 is 41.4 Å². The summed E-state index contributed by atoms with van der Waals surface area (Å²) in [5.41, 5.74) is 0.786. The van der Waals surface area contributed by atoms with Crippen molar-refractivity contribution in [1.82, 2.24) is 36.3 Å². The molecule has 1 saturated heterocycles. The molecule has 1 aliphatic heterocycles. The van der Waals surface area contributed by atoms with Gasteiger partial charge in [-0.25, -0.2) is 9.78 Å². The fourth-order valence-corrected chi connectivity index (χ4v) is 4.10. The molecule has 0 bridgehead atoms. The van der Waals surface area contributed by atoms with Crippen LogP contribution in [0.5, 0.6) is 0 Å². The summed E-state index contributed by atoms with van der Waals surface area (Å²) in [6, 6.07) is -1.88. The summed E-state index contributed by atoms with van der Waals surface area (Å²) in [6.07, 6.45) is 4.30. The molecule has 2 unspecified atom stereocenters. The molecule has 5 N–H and O–H groups in total. The second-order valence-corrected chi connectivity index (χ2v) is 10.8. The first-order valence-corrected chi connectivity index (χ1v) is 14.0. The number of carbonyl (C=O) groups excluding carboxylic acids is 7. The van der Waals surface area contributed by atoms with Gasteiger partial charge in [-0.05, 0) is 18.3 Å². The lowest BCUT2D eigenvalue weighted by atomic mass is 9.95. The van der Waals surface area contributed by atoms with E-state index in [2.05, 4.69) is 36.1 Å². The first-order chi connectivity index (χ1) is 19.8. The molecule has 0 radical (unpaired) electrons. The molecule has 6 amide bonds. The molecule has 0 saturated carbocycles. The smallest absolute Gasteiger partial charge is 0.348 e. The van der Waals surface area contributed by atoms with Crippen molar-refractivity contribution in [3.63, 3.8) is 0 Å². The van der Waals surface area contributed by atoms with Crippen molar-refractivity contribution in [2.45, 2.75) is 78.8 Å². The molecule has 15 nitrogen and oxygen atoms in total. The number of H-pyrrole nitrogens is 1. The number of imide groups is 1. The van der Waals surface area contributed by atoms with E-state index >= 15 is 0 Å². The van der Waals surface area contributed by atoms with Crippen molar-refractivity contribution in [3.8, 4) is 0 Å². The first kappa shape index (κ1) is 33.9. The second-order valence-electron chi connectivity index (χ2n) is 10.8. The third-order valence-electron chi connectivity index (χ3n) is 6.71. The number of rotatable bonds is 16. The maximum Gasteiger partial charge on any atom is 0.352 e. The average Bonchev–Trinajstić information content (AvgIpc) is 3.57. The van der Waals surface area contributed by atoms with E-state index in [1.165, 1.54) is 6.33 Å². The van der Waals surface area contributed by atoms with Gasteiger partial charge in [0.05, 0.1) is 12.9 Å². The van der Waals surface area contributed by atoms with Gasteiger partial charge in [-0.15, -0.1) is 5.06 Å². The van der Waals surface area contributed by atoms with Gasteiger partial charge in [-0.3, -0.25) is 28.8 Å². The number of hydroxylamine groups is 2. The van der Waals surface area contributed by atoms with Crippen molar-refractivity contribution in [2.24, 2.45) is 17.8 Å². The van der Waals surface area contributed by atoms with E-state index in [1.807, 2.05) is 27.7 Å². The zero-order chi connectivity index (χ0) is 31.4. The number of amides is 6. The molecule has 2 rings (SSSR count). The molecule has 0 aliphatic carbocycles. The number of nitrogens with zero attached hydrogens (tertiary/aromatic N) is 2. The quantitative estimate of drug-likeness (QED) is 0.157. The lowest BCUT2D eigenvalue weighted by molar-refractivity contribution is -0.196. The summed E-state index contributed by atoms with van der Waals surface area (Å²) in [5, 5.41) is 10.6. The number of carbonyl (C=O) groups is 7. The van der Waals surface area contributed by atoms with Gasteiger partial charge in [0, 0.05) is 37.1 Å². The SMILES string of the molecule is CCC(C)[C@H](NC(=O)[C@@H](C)Cc1cnc[nH]1)C(=O)NC(CC(C)C)C(=O)NCC(=O)NCC(=O)ON1C(=O)CCC1=O. The predicted molar refractivity (Wildman–Crippen MR) is 147 cm³/mol. The van der Waals surface area contributed by atoms with Gasteiger partial charge in [0.15, 0.2) is 0 Å². The molecular formula is C27H41N7O8. The van der Waals surface area contributed by atoms with Crippen molar-refractivity contribution in [3.05, 3.63) is 18.2 Å². The molecular weight excluding hydrogens is 550 g/mol. The van der Waals surface area contributed by atoms with Crippen LogP contribution in [-0.4, -0.2) is 81.6 Å². The van der Waals surface area contributed by atoms with Gasteiger partial charge in [0.1, 0.15) is 18.6 Å². The number of hydrogen-bond donors (Lipinski definition) is 5. The Kier molecular flexibility index (Phi) is 13.1. The molecule has 232 valence electrons. The normalized spacial score (nSPS) is 15.9. The van der Waals surface area contributed by atoms with Crippen LogP contribution in [0.25, 0.3) is 0 Å². The maximum absolute atomic E-state index is 13.3. The number of nitrogens with one attached hydrogen (secondary N) is 5. The Hall–Kier alpha value is -4.30. The molecule has 4 atom stereocenters. The van der Waals surface area contributed by atoms with E-state index in [0.717, 1.165) is 5.69 Å². The van der Waals surface area contributed by atoms with Gasteiger partial charge < -0.3 is 31.1 Å². The molecule has 15 heteroatoms. The highest BCUT2D eigenvalue weighted by atomic mass is 16.7. The van der Waals surface area contributed by atoms with Gasteiger partial charge in [0.25, 0.3) is 11.8 Å². The van der Waals surface area contributed by atoms with E-state index in [4.69, 9.17) is 0 Å². The van der Waals surface area contributed by atoms with Crippen molar-refractivity contribution in [2.75, 3.05) is 13.1 Å². The fraction of sp³-hybridized carbons (Fsp3) is 0.630. The van der Waals surface area contributed by atoms with E-state index in [1.54, 1.807) is 13.1 Å². The minimum Gasteiger partial charge on any atom is -0.348 e. The van der Waals surface area contributed by atoms with Crippen LogP contribution in [0.15, 0.2) is 12.5 Å². The van der Waals surface area contributed by atoms with E-state index in [-0.39, 0.29) is 37.0 Å². The van der Waals surface area contributed by atoms with Crippen LogP contribution in [0.1, 0.15) is 66.0 Å². The Bertz CT molecular complexity index is 1120. The average molecular weight is 592 g/mol. The fourth-order valence-electron chi connectivity index (χ4n) is 4.10. The minimum absolute atomic E-state index is 0.00622. The summed E-state index contributed by atoms with van der Waals surface area (Å²) < 4.78 is 0. The minimum atomic E-state index is -1.03. The summed E-state index contributed by atoms with van der Waals surface area (Å²) >= 11 is 0. The third kappa shape index (κ3) is 10.6. The zero-order valence-electron chi connectivity index (χ0n) is 24.7. The van der Waals surface area contributed by atoms with Crippen LogP contribution in [0.3, 0.4) is 0 Å². The Morgan fingerprint density at radius 2 is 1.62 bits per heavy atom. The third-order valence-corrected chi connectivity index (χ3v) is 6.71. The molecule has 1 aromatic heterocycles. The Morgan fingerprint density at radius 3 is 2.19 bits per heavy atom. The first-order valence-electron chi connectivity index (χ1n) is 14.0. The number of imidazole rings is 1. The highest BCUT2D eigenvalue weighted by Gasteiger charge is 2.33. The highest BCUT2D eigenvalue weighted by Crippen LogP contribution is 2.14. The van der Waals surface area contributed by atoms with Crippen molar-refractivity contribution in [1.29, 1.82) is 0 Å². The molecule has 0 aromatic carbocycles. The van der Waals surface area contributed by atoms with E-state index in [9.17, 15) is 33.6 Å². The summed E-state index contributed by atoms with van der Waals surface area (Å²) in [6.45, 7) is 8.05. The molecule has 1 fully saturated rings. The van der Waals surface area contributed by atoms with Gasteiger partial charge in [-0.2, -0.15) is 0 Å². The Morgan fingerprint density at radius 1 is 0.952 bits per heavy atom. The second kappa shape index (κ2) is 16.2. The van der Waals surface area contributed by atoms with Gasteiger partial charge in [-0.1, -0.05) is 41.0 Å². The molecule has 1 aromatic rings. The molecule has 42 heavy (non-hydrogen) atoms. The molecule has 1 aliphatic rings. The van der Waals surface area contributed by atoms with E-state index in [0.29, 0.717) is 17.9 Å². The summed E-state index contributed by atoms with van der Waals surface area (Å²) in [7, 11) is 0. The number of aromatic amines is 1. The van der Waals surface area contributed by atoms with Crippen LogP contribution in [-0.2, 0) is 44.8 Å². The maximum atomic E-state index is 13.3. The topological polar surface area (TPSA) is 209 Å². The number of aromatic nitrogens is 2. The molecule has 2 heterocycles. The number of hydrogen-bond acceptors (Lipinski definition) is 9. The van der Waals surface area contributed by atoms with E-state index < -0.39 is 66.6 Å². The zero-order valence-corrected chi connectivity index (χ0v) is 24.7. The van der Waals surface area contributed by atoms with Gasteiger partial charge in [0.2, 0.25) is 23.6 Å². The monoisotopic (exact) mass is 591 g/mol. The van der Waals surface area contributed by atoms with Crippen LogP contribution >= 0.6 is 0 Å². The Balaban J connectivity index is 1.92. The largest absolute Gasteiger partial charge is 0.352 e. The van der Waals surface area contributed by atoms with Crippen LogP contribution in [0.4, 0.5) is 0 Å². The standard InChI is InChI=1S/C27H41N7O8/c1-6-16(4)24(33-25(39)17(5)10-18-11-28-14-31-18)27(41)32-19(9-15(2)3)26(40)30-12-20(35)29-13-23(38)42-34-21(36)7-8-22(34)37/h11,14-17,19,24H,6-10,12-13H2,1-5H3,(H,28,31)(H,29,35)(H,30,40)(H,32,41)(H,33,39)/t16?,17-,19?,24-/m0/s1. The van der Waals surface area contributed by atoms with Crippen LogP contribution < -0.4 is 21.3 Å². The lowest BCUT2D eigenvalue weighted by Gasteiger charge is -2.28. The predicted octanol–water partition coefficient (Wildman–Crippen LogP) is -0.510.